The molecule has 0 aromatic heterocycles. The van der Waals surface area contributed by atoms with Gasteiger partial charge in [0.25, 0.3) is 0 Å². The Morgan fingerprint density at radius 2 is 0.500 bits per heavy atom. The monoisotopic (exact) mass is 605 g/mol. The Kier molecular flexibility index (Phi) is 12.8. The van der Waals surface area contributed by atoms with Gasteiger partial charge < -0.3 is 15.3 Å². The molecule has 0 unspecified atom stereocenters. The minimum atomic E-state index is 0. The Balaban J connectivity index is 0.000000473. The van der Waals surface area contributed by atoms with Gasteiger partial charge in [-0.25, -0.2) is 0 Å². The second kappa shape index (κ2) is 13.5. The summed E-state index contributed by atoms with van der Waals surface area (Å²) in [6, 6.07) is 21.0. The summed E-state index contributed by atoms with van der Waals surface area (Å²) in [7, 11) is 0. The van der Waals surface area contributed by atoms with Crippen LogP contribution in [0, 0.1) is 39.9 Å². The van der Waals surface area contributed by atoms with E-state index in [4.69, 9.17) is 0 Å². The van der Waals surface area contributed by atoms with Gasteiger partial charge in [-0.05, 0) is 32.9 Å². The van der Waals surface area contributed by atoms with Crippen molar-refractivity contribution in [2.45, 2.75) is 78.6 Å². The van der Waals surface area contributed by atoms with Crippen molar-refractivity contribution in [2.24, 2.45) is 0 Å². The third-order valence-corrected chi connectivity index (χ3v) is 5.16. The molecular weight excluding hydrogens is 566 g/mol. The molecule has 1 radical (unpaired) electrons. The van der Waals surface area contributed by atoms with E-state index in [1.807, 2.05) is 36.4 Å². The molecule has 0 saturated heterocycles. The molecule has 0 saturated carbocycles. The van der Waals surface area contributed by atoms with Gasteiger partial charge in [-0.1, -0.05) is 135 Å². The molecule has 0 spiro atoms. The maximum atomic E-state index is 10.7. The zero-order chi connectivity index (χ0) is 25.4. The van der Waals surface area contributed by atoms with Crippen LogP contribution in [0.5, 0.6) is 17.2 Å². The van der Waals surface area contributed by atoms with Gasteiger partial charge in [-0.2, -0.15) is 0 Å². The Hall–Kier alpha value is -1.62. The van der Waals surface area contributed by atoms with Crippen molar-refractivity contribution in [3.05, 3.63) is 89.5 Å². The van der Waals surface area contributed by atoms with Gasteiger partial charge in [-0.15, -0.1) is 17.2 Å². The molecule has 0 bridgehead atoms. The summed E-state index contributed by atoms with van der Waals surface area (Å²) in [5, 5.41) is 32.2. The van der Waals surface area contributed by atoms with E-state index in [1.54, 1.807) is 36.4 Å². The first-order valence-electron chi connectivity index (χ1n) is 11.3. The third-order valence-electron chi connectivity index (χ3n) is 5.16. The number of benzene rings is 3. The van der Waals surface area contributed by atoms with Crippen molar-refractivity contribution in [3.63, 3.8) is 0 Å². The zero-order valence-electron chi connectivity index (χ0n) is 22.0. The Labute approximate surface area is 239 Å². The molecule has 0 atom stereocenters. The van der Waals surface area contributed by atoms with Crippen LogP contribution in [-0.2, 0) is 16.2 Å². The van der Waals surface area contributed by atoms with Gasteiger partial charge in [0.2, 0.25) is 0 Å². The van der Waals surface area contributed by atoms with Crippen molar-refractivity contribution in [2.75, 3.05) is 0 Å². The minimum absolute atomic E-state index is 0. The van der Waals surface area contributed by atoms with Crippen LogP contribution in [0.2, 0.25) is 0 Å². The van der Waals surface area contributed by atoms with Crippen LogP contribution in [-0.4, -0.2) is 0 Å². The Morgan fingerprint density at radius 3 is 0.618 bits per heavy atom. The van der Waals surface area contributed by atoms with Gasteiger partial charge in [0.15, 0.2) is 0 Å². The normalized spacial score (nSPS) is 11.2. The van der Waals surface area contributed by atoms with Crippen LogP contribution in [0.25, 0.3) is 0 Å². The number of rotatable bonds is 0. The summed E-state index contributed by atoms with van der Waals surface area (Å²) < 4.78 is 0. The van der Waals surface area contributed by atoms with Gasteiger partial charge >= 0.3 is 39.9 Å². The predicted molar refractivity (Wildman–Crippen MR) is 134 cm³/mol. The maximum absolute atomic E-state index is 10.7. The first kappa shape index (κ1) is 32.4. The van der Waals surface area contributed by atoms with E-state index in [9.17, 15) is 15.3 Å². The van der Waals surface area contributed by atoms with E-state index in [1.165, 1.54) is 16.7 Å². The molecule has 0 N–H and O–H groups in total. The van der Waals surface area contributed by atoms with Crippen molar-refractivity contribution < 1.29 is 55.3 Å². The first-order chi connectivity index (χ1) is 15.0. The van der Waals surface area contributed by atoms with Crippen LogP contribution < -0.4 is 15.3 Å². The fraction of sp³-hybridized carbons (Fsp3) is 0.400. The fourth-order valence-corrected chi connectivity index (χ4v) is 2.86. The van der Waals surface area contributed by atoms with Crippen LogP contribution in [0.3, 0.4) is 0 Å². The fourth-order valence-electron chi connectivity index (χ4n) is 2.86. The van der Waals surface area contributed by atoms with Crippen LogP contribution in [0.15, 0.2) is 72.8 Å². The van der Waals surface area contributed by atoms with Gasteiger partial charge in [0.05, 0.1) is 0 Å². The average Bonchev–Trinajstić information content (AvgIpc) is 2.68. The molecular formula is C30H39GdO3. The molecule has 3 nitrogen and oxygen atoms in total. The molecule has 0 aliphatic heterocycles. The topological polar surface area (TPSA) is 69.2 Å². The largest absolute Gasteiger partial charge is 3.00 e. The van der Waals surface area contributed by atoms with E-state index in [2.05, 4.69) is 62.3 Å². The number of hydrogen-bond donors (Lipinski definition) is 0. The summed E-state index contributed by atoms with van der Waals surface area (Å²) in [4.78, 5) is 0. The molecule has 0 fully saturated rings. The maximum Gasteiger partial charge on any atom is 3.00 e. The molecule has 3 aromatic carbocycles. The van der Waals surface area contributed by atoms with E-state index in [0.717, 1.165) is 0 Å². The van der Waals surface area contributed by atoms with Gasteiger partial charge in [0.1, 0.15) is 0 Å². The summed E-state index contributed by atoms with van der Waals surface area (Å²) in [6.07, 6.45) is 0. The minimum Gasteiger partial charge on any atom is -0.872 e. The predicted octanol–water partition coefficient (Wildman–Crippen LogP) is 6.17. The van der Waals surface area contributed by atoms with Gasteiger partial charge in [0, 0.05) is 0 Å². The van der Waals surface area contributed by atoms with E-state index in [0.29, 0.717) is 0 Å². The summed E-state index contributed by atoms with van der Waals surface area (Å²) >= 11 is 0. The van der Waals surface area contributed by atoms with Crippen molar-refractivity contribution in [1.29, 1.82) is 0 Å². The Morgan fingerprint density at radius 1 is 0.353 bits per heavy atom. The smallest absolute Gasteiger partial charge is 0.872 e. The molecule has 0 amide bonds. The second-order valence-corrected chi connectivity index (χ2v) is 11.3. The average molecular weight is 605 g/mol. The van der Waals surface area contributed by atoms with Crippen molar-refractivity contribution in [1.82, 2.24) is 0 Å². The summed E-state index contributed by atoms with van der Waals surface area (Å²) in [5.74, 6) is 0.244. The third kappa shape index (κ3) is 12.2. The Bertz CT molecular complexity index is 823. The molecule has 4 heteroatoms. The molecule has 3 aromatic rings. The van der Waals surface area contributed by atoms with E-state index >= 15 is 0 Å². The number of hydrogen-bond acceptors (Lipinski definition) is 3. The second-order valence-electron chi connectivity index (χ2n) is 11.3. The van der Waals surface area contributed by atoms with Crippen LogP contribution in [0.1, 0.15) is 79.0 Å². The van der Waals surface area contributed by atoms with Gasteiger partial charge in [-0.3, -0.25) is 0 Å². The van der Waals surface area contributed by atoms with E-state index < -0.39 is 0 Å². The molecule has 185 valence electrons. The summed E-state index contributed by atoms with van der Waals surface area (Å²) in [6.45, 7) is 19.2. The van der Waals surface area contributed by atoms with Crippen LogP contribution in [0.4, 0.5) is 0 Å². The standard InChI is InChI=1S/3C10H14O.Gd/c3*1-10(2,3)8-4-6-9(11)7-5-8;/h3*4-7,11H,1-3H3;/q;;;+3/p-3. The molecule has 0 heterocycles. The van der Waals surface area contributed by atoms with Crippen molar-refractivity contribution in [3.8, 4) is 17.2 Å². The van der Waals surface area contributed by atoms with E-state index in [-0.39, 0.29) is 73.4 Å². The summed E-state index contributed by atoms with van der Waals surface area (Å²) in [5.41, 5.74) is 4.06. The zero-order valence-corrected chi connectivity index (χ0v) is 24.3. The molecule has 0 aliphatic rings. The molecule has 34 heavy (non-hydrogen) atoms. The first-order valence-corrected chi connectivity index (χ1v) is 11.3. The SMILES string of the molecule is CC(C)(C)c1ccc([O-])cc1.CC(C)(C)c1ccc([O-])cc1.CC(C)(C)c1ccc([O-])cc1.[Gd+3]. The quantitative estimate of drug-likeness (QED) is 0.308. The molecule has 3 rings (SSSR count). The van der Waals surface area contributed by atoms with Crippen LogP contribution >= 0.6 is 0 Å². The molecule has 0 aliphatic carbocycles. The van der Waals surface area contributed by atoms with Crippen molar-refractivity contribution >= 4 is 0 Å².